The molecule has 0 saturated heterocycles. The van der Waals surface area contributed by atoms with Gasteiger partial charge in [-0.25, -0.2) is 0 Å². The first-order valence-corrected chi connectivity index (χ1v) is 10.0. The molecule has 0 aromatic heterocycles. The molecule has 1 N–H and O–H groups in total. The van der Waals surface area contributed by atoms with Gasteiger partial charge in [-0.05, 0) is 37.6 Å². The quantitative estimate of drug-likeness (QED) is 0.348. The lowest BCUT2D eigenvalue weighted by Crippen LogP contribution is -2.32. The molecule has 0 spiro atoms. The summed E-state index contributed by atoms with van der Waals surface area (Å²) in [6.07, 6.45) is 18.7. The molecule has 126 valence electrons. The van der Waals surface area contributed by atoms with Gasteiger partial charge in [0.1, 0.15) is 0 Å². The Labute approximate surface area is 134 Å². The van der Waals surface area contributed by atoms with Crippen molar-refractivity contribution in [1.29, 1.82) is 0 Å². The van der Waals surface area contributed by atoms with Crippen molar-refractivity contribution in [2.24, 2.45) is 11.8 Å². The molecule has 3 atom stereocenters. The van der Waals surface area contributed by atoms with Gasteiger partial charge in [-0.3, -0.25) is 0 Å². The van der Waals surface area contributed by atoms with E-state index < -0.39 is 0 Å². The molecule has 0 radical (unpaired) electrons. The minimum atomic E-state index is 0.828. The van der Waals surface area contributed by atoms with Crippen molar-refractivity contribution in [3.05, 3.63) is 0 Å². The zero-order valence-electron chi connectivity index (χ0n) is 15.1. The summed E-state index contributed by atoms with van der Waals surface area (Å²) in [6.45, 7) is 8.21. The fourth-order valence-corrected chi connectivity index (χ4v) is 3.56. The molecule has 0 bridgehead atoms. The van der Waals surface area contributed by atoms with Gasteiger partial charge >= 0.3 is 0 Å². The lowest BCUT2D eigenvalue weighted by atomic mass is 10.0. The van der Waals surface area contributed by atoms with E-state index in [0.29, 0.717) is 0 Å². The molecule has 0 aliphatic heterocycles. The van der Waals surface area contributed by atoms with Crippen LogP contribution in [0.4, 0.5) is 0 Å². The van der Waals surface area contributed by atoms with Crippen LogP contribution in [0, 0.1) is 11.8 Å². The molecular formula is C20H41N. The highest BCUT2D eigenvalue weighted by molar-refractivity contribution is 4.92. The van der Waals surface area contributed by atoms with Crippen LogP contribution < -0.4 is 5.32 Å². The molecule has 1 aliphatic rings. The molecule has 1 fully saturated rings. The third-order valence-corrected chi connectivity index (χ3v) is 5.21. The van der Waals surface area contributed by atoms with Crippen molar-refractivity contribution in [3.63, 3.8) is 0 Å². The first-order chi connectivity index (χ1) is 10.3. The molecule has 1 nitrogen and oxygen atoms in total. The second kappa shape index (κ2) is 12.5. The first kappa shape index (κ1) is 19.0. The Bertz CT molecular complexity index is 226. The van der Waals surface area contributed by atoms with Gasteiger partial charge in [0.2, 0.25) is 0 Å². The van der Waals surface area contributed by atoms with E-state index in [-0.39, 0.29) is 0 Å². The van der Waals surface area contributed by atoms with Crippen LogP contribution in [0.5, 0.6) is 0 Å². The summed E-state index contributed by atoms with van der Waals surface area (Å²) in [7, 11) is 0. The molecule has 0 heterocycles. The van der Waals surface area contributed by atoms with Gasteiger partial charge in [-0.1, -0.05) is 85.0 Å². The van der Waals surface area contributed by atoms with Crippen LogP contribution in [0.25, 0.3) is 0 Å². The Balaban J connectivity index is 1.89. The van der Waals surface area contributed by atoms with Crippen LogP contribution in [-0.2, 0) is 0 Å². The van der Waals surface area contributed by atoms with Crippen LogP contribution in [0.15, 0.2) is 0 Å². The number of nitrogens with one attached hydrogen (secondary N) is 1. The smallest absolute Gasteiger partial charge is 0.00979 e. The van der Waals surface area contributed by atoms with E-state index >= 15 is 0 Å². The predicted octanol–water partition coefficient (Wildman–Crippen LogP) is 6.32. The van der Waals surface area contributed by atoms with Crippen molar-refractivity contribution in [2.75, 3.05) is 6.54 Å². The molecule has 0 amide bonds. The van der Waals surface area contributed by atoms with Gasteiger partial charge in [0.15, 0.2) is 0 Å². The summed E-state index contributed by atoms with van der Waals surface area (Å²) in [5, 5.41) is 3.79. The van der Waals surface area contributed by atoms with Crippen molar-refractivity contribution < 1.29 is 0 Å². The van der Waals surface area contributed by atoms with E-state index in [2.05, 4.69) is 26.1 Å². The predicted molar refractivity (Wildman–Crippen MR) is 95.8 cm³/mol. The second-order valence-corrected chi connectivity index (χ2v) is 7.41. The molecule has 0 aromatic carbocycles. The highest BCUT2D eigenvalue weighted by Gasteiger charge is 2.38. The minimum Gasteiger partial charge on any atom is -0.314 e. The van der Waals surface area contributed by atoms with E-state index in [1.54, 1.807) is 0 Å². The molecule has 21 heavy (non-hydrogen) atoms. The molecule has 0 aromatic rings. The summed E-state index contributed by atoms with van der Waals surface area (Å²) in [4.78, 5) is 0. The SMILES string of the molecule is CCCCCCCCCCCCC(NCCC)C1CC1C. The maximum Gasteiger partial charge on any atom is 0.00979 e. The van der Waals surface area contributed by atoms with Crippen molar-refractivity contribution in [2.45, 2.75) is 110 Å². The topological polar surface area (TPSA) is 12.0 Å². The maximum absolute atomic E-state index is 3.79. The van der Waals surface area contributed by atoms with Crippen LogP contribution >= 0.6 is 0 Å². The second-order valence-electron chi connectivity index (χ2n) is 7.41. The number of hydrogen-bond donors (Lipinski definition) is 1. The summed E-state index contributed by atoms with van der Waals surface area (Å²) in [5.74, 6) is 1.98. The number of rotatable bonds is 15. The number of unbranched alkanes of at least 4 members (excludes halogenated alkanes) is 9. The Morgan fingerprint density at radius 2 is 1.33 bits per heavy atom. The van der Waals surface area contributed by atoms with Crippen molar-refractivity contribution in [3.8, 4) is 0 Å². The van der Waals surface area contributed by atoms with Gasteiger partial charge in [-0.2, -0.15) is 0 Å². The standard InChI is InChI=1S/C20H41N/c1-4-6-7-8-9-10-11-12-13-14-15-20(21-16-5-2)19-17-18(19)3/h18-21H,4-17H2,1-3H3. The summed E-state index contributed by atoms with van der Waals surface area (Å²) in [6, 6.07) is 0.828. The Kier molecular flexibility index (Phi) is 11.3. The van der Waals surface area contributed by atoms with Gasteiger partial charge in [0, 0.05) is 6.04 Å². The van der Waals surface area contributed by atoms with E-state index in [9.17, 15) is 0 Å². The van der Waals surface area contributed by atoms with Gasteiger partial charge in [-0.15, -0.1) is 0 Å². The van der Waals surface area contributed by atoms with Crippen molar-refractivity contribution >= 4 is 0 Å². The normalized spacial score (nSPS) is 22.4. The molecule has 1 saturated carbocycles. The zero-order valence-corrected chi connectivity index (χ0v) is 15.1. The monoisotopic (exact) mass is 295 g/mol. The van der Waals surface area contributed by atoms with Gasteiger partial charge in [0.25, 0.3) is 0 Å². The lowest BCUT2D eigenvalue weighted by molar-refractivity contribution is 0.402. The third kappa shape index (κ3) is 9.55. The Morgan fingerprint density at radius 3 is 1.81 bits per heavy atom. The van der Waals surface area contributed by atoms with Crippen molar-refractivity contribution in [1.82, 2.24) is 5.32 Å². The van der Waals surface area contributed by atoms with E-state index in [0.717, 1.165) is 17.9 Å². The van der Waals surface area contributed by atoms with Crippen LogP contribution in [0.2, 0.25) is 0 Å². The fourth-order valence-electron chi connectivity index (χ4n) is 3.56. The van der Waals surface area contributed by atoms with Crippen LogP contribution in [0.1, 0.15) is 104 Å². The van der Waals surface area contributed by atoms with E-state index in [1.165, 1.54) is 90.0 Å². The zero-order chi connectivity index (χ0) is 15.3. The first-order valence-electron chi connectivity index (χ1n) is 10.0. The lowest BCUT2D eigenvalue weighted by Gasteiger charge is -2.18. The third-order valence-electron chi connectivity index (χ3n) is 5.21. The molecular weight excluding hydrogens is 254 g/mol. The van der Waals surface area contributed by atoms with Crippen LogP contribution in [-0.4, -0.2) is 12.6 Å². The largest absolute Gasteiger partial charge is 0.314 e. The highest BCUT2D eigenvalue weighted by atomic mass is 14.9. The summed E-state index contributed by atoms with van der Waals surface area (Å²) in [5.41, 5.74) is 0. The average molecular weight is 296 g/mol. The molecule has 3 unspecified atom stereocenters. The Morgan fingerprint density at radius 1 is 0.810 bits per heavy atom. The summed E-state index contributed by atoms with van der Waals surface area (Å²) >= 11 is 0. The fraction of sp³-hybridized carbons (Fsp3) is 1.00. The Hall–Kier alpha value is -0.0400. The van der Waals surface area contributed by atoms with Gasteiger partial charge in [0.05, 0.1) is 0 Å². The average Bonchev–Trinajstić information content (AvgIpc) is 3.21. The maximum atomic E-state index is 3.79. The molecule has 1 aliphatic carbocycles. The van der Waals surface area contributed by atoms with E-state index in [1.807, 2.05) is 0 Å². The van der Waals surface area contributed by atoms with E-state index in [4.69, 9.17) is 0 Å². The minimum absolute atomic E-state index is 0.828. The highest BCUT2D eigenvalue weighted by Crippen LogP contribution is 2.42. The van der Waals surface area contributed by atoms with Crippen LogP contribution in [0.3, 0.4) is 0 Å². The number of hydrogen-bond acceptors (Lipinski definition) is 1. The molecule has 1 rings (SSSR count). The molecule has 1 heteroatoms. The summed E-state index contributed by atoms with van der Waals surface area (Å²) < 4.78 is 0. The van der Waals surface area contributed by atoms with Gasteiger partial charge < -0.3 is 5.32 Å².